The Morgan fingerprint density at radius 2 is 1.83 bits per heavy atom. The van der Waals surface area contributed by atoms with Crippen molar-refractivity contribution in [2.24, 2.45) is 0 Å². The van der Waals surface area contributed by atoms with Crippen molar-refractivity contribution in [2.45, 2.75) is 26.2 Å². The summed E-state index contributed by atoms with van der Waals surface area (Å²) < 4.78 is 5.38. The van der Waals surface area contributed by atoms with Crippen LogP contribution < -0.4 is 10.2 Å². The molecule has 1 heterocycles. The highest BCUT2D eigenvalue weighted by atomic mass is 16.5. The summed E-state index contributed by atoms with van der Waals surface area (Å²) >= 11 is 0. The largest absolute Gasteiger partial charge is 0.378 e. The van der Waals surface area contributed by atoms with Gasteiger partial charge in [0.15, 0.2) is 0 Å². The Kier molecular flexibility index (Phi) is 7.43. The SMILES string of the molecule is CCCCc1ccc(NC(=O)/C(C#N)=C/c2ccc(N3CCOCC3)cc2)cc1. The molecule has 0 aromatic heterocycles. The molecule has 1 amide bonds. The molecule has 0 atom stereocenters. The van der Waals surface area contributed by atoms with Crippen molar-refractivity contribution < 1.29 is 9.53 Å². The van der Waals surface area contributed by atoms with Crippen LogP contribution in [-0.2, 0) is 16.0 Å². The van der Waals surface area contributed by atoms with Crippen molar-refractivity contribution in [1.29, 1.82) is 5.26 Å². The second kappa shape index (κ2) is 10.4. The number of ether oxygens (including phenoxy) is 1. The number of nitrogens with one attached hydrogen (secondary N) is 1. The molecule has 0 bridgehead atoms. The van der Waals surface area contributed by atoms with E-state index in [2.05, 4.69) is 17.1 Å². The van der Waals surface area contributed by atoms with Gasteiger partial charge in [0, 0.05) is 24.5 Å². The molecule has 1 aliphatic heterocycles. The molecule has 150 valence electrons. The van der Waals surface area contributed by atoms with Crippen molar-refractivity contribution >= 4 is 23.4 Å². The van der Waals surface area contributed by atoms with E-state index in [0.717, 1.165) is 56.8 Å². The van der Waals surface area contributed by atoms with Gasteiger partial charge in [0.25, 0.3) is 5.91 Å². The van der Waals surface area contributed by atoms with Gasteiger partial charge in [-0.3, -0.25) is 4.79 Å². The summed E-state index contributed by atoms with van der Waals surface area (Å²) in [6.07, 6.45) is 4.96. The van der Waals surface area contributed by atoms with Gasteiger partial charge in [-0.25, -0.2) is 0 Å². The van der Waals surface area contributed by atoms with E-state index in [1.807, 2.05) is 54.6 Å². The number of carbonyl (C=O) groups excluding carboxylic acids is 1. The molecule has 5 nitrogen and oxygen atoms in total. The quantitative estimate of drug-likeness (QED) is 0.563. The second-order valence-electron chi connectivity index (χ2n) is 7.12. The van der Waals surface area contributed by atoms with Gasteiger partial charge in [-0.05, 0) is 54.3 Å². The normalized spacial score (nSPS) is 14.3. The van der Waals surface area contributed by atoms with Gasteiger partial charge in [0.1, 0.15) is 11.6 Å². The van der Waals surface area contributed by atoms with Gasteiger partial charge in [0.05, 0.1) is 13.2 Å². The number of benzene rings is 2. The number of rotatable bonds is 7. The van der Waals surface area contributed by atoms with Crippen LogP contribution in [0.4, 0.5) is 11.4 Å². The van der Waals surface area contributed by atoms with E-state index >= 15 is 0 Å². The zero-order valence-corrected chi connectivity index (χ0v) is 16.9. The minimum Gasteiger partial charge on any atom is -0.378 e. The lowest BCUT2D eigenvalue weighted by atomic mass is 10.1. The maximum Gasteiger partial charge on any atom is 0.266 e. The summed E-state index contributed by atoms with van der Waals surface area (Å²) in [6, 6.07) is 17.7. The van der Waals surface area contributed by atoms with E-state index in [1.54, 1.807) is 6.08 Å². The number of nitrogens with zero attached hydrogens (tertiary/aromatic N) is 2. The Labute approximate surface area is 172 Å². The first-order valence-corrected chi connectivity index (χ1v) is 10.1. The number of amides is 1. The van der Waals surface area contributed by atoms with Gasteiger partial charge in [-0.15, -0.1) is 0 Å². The Bertz CT molecular complexity index is 874. The maximum absolute atomic E-state index is 12.5. The third-order valence-corrected chi connectivity index (χ3v) is 4.98. The fourth-order valence-corrected chi connectivity index (χ4v) is 3.25. The van der Waals surface area contributed by atoms with Crippen LogP contribution in [0.3, 0.4) is 0 Å². The maximum atomic E-state index is 12.5. The zero-order chi connectivity index (χ0) is 20.5. The molecule has 5 heteroatoms. The topological polar surface area (TPSA) is 65.4 Å². The third-order valence-electron chi connectivity index (χ3n) is 4.98. The fraction of sp³-hybridized carbons (Fsp3) is 0.333. The number of nitriles is 1. The Balaban J connectivity index is 1.64. The van der Waals surface area contributed by atoms with Crippen LogP contribution in [0, 0.1) is 11.3 Å². The Hall–Kier alpha value is -3.10. The van der Waals surface area contributed by atoms with Crippen molar-refractivity contribution in [3.63, 3.8) is 0 Å². The van der Waals surface area contributed by atoms with Gasteiger partial charge in [0.2, 0.25) is 0 Å². The molecule has 1 saturated heterocycles. The number of carbonyl (C=O) groups is 1. The smallest absolute Gasteiger partial charge is 0.266 e. The molecule has 0 unspecified atom stereocenters. The lowest BCUT2D eigenvalue weighted by molar-refractivity contribution is -0.112. The van der Waals surface area contributed by atoms with Crippen molar-refractivity contribution in [2.75, 3.05) is 36.5 Å². The monoisotopic (exact) mass is 389 g/mol. The minimum atomic E-state index is -0.397. The van der Waals surface area contributed by atoms with Crippen LogP contribution >= 0.6 is 0 Å². The van der Waals surface area contributed by atoms with Gasteiger partial charge in [-0.1, -0.05) is 37.6 Å². The second-order valence-corrected chi connectivity index (χ2v) is 7.12. The molecule has 0 spiro atoms. The summed E-state index contributed by atoms with van der Waals surface area (Å²) in [5.74, 6) is -0.397. The molecular weight excluding hydrogens is 362 g/mol. The lowest BCUT2D eigenvalue weighted by Crippen LogP contribution is -2.36. The van der Waals surface area contributed by atoms with Crippen LogP contribution in [0.1, 0.15) is 30.9 Å². The first-order valence-electron chi connectivity index (χ1n) is 10.1. The number of morpholine rings is 1. The van der Waals surface area contributed by atoms with Crippen molar-refractivity contribution in [1.82, 2.24) is 0 Å². The molecule has 2 aromatic rings. The fourth-order valence-electron chi connectivity index (χ4n) is 3.25. The van der Waals surface area contributed by atoms with Crippen LogP contribution in [0.25, 0.3) is 6.08 Å². The molecule has 0 radical (unpaired) electrons. The van der Waals surface area contributed by atoms with Gasteiger partial charge in [-0.2, -0.15) is 5.26 Å². The number of hydrogen-bond acceptors (Lipinski definition) is 4. The van der Waals surface area contributed by atoms with E-state index in [4.69, 9.17) is 4.74 Å². The number of hydrogen-bond donors (Lipinski definition) is 1. The molecule has 0 aliphatic carbocycles. The first-order chi connectivity index (χ1) is 14.2. The minimum absolute atomic E-state index is 0.0826. The predicted molar refractivity (Wildman–Crippen MR) is 117 cm³/mol. The molecule has 1 fully saturated rings. The average molecular weight is 389 g/mol. The predicted octanol–water partition coefficient (Wildman–Crippen LogP) is 4.41. The average Bonchev–Trinajstić information content (AvgIpc) is 2.78. The summed E-state index contributed by atoms with van der Waals surface area (Å²) in [5, 5.41) is 12.2. The number of aryl methyl sites for hydroxylation is 1. The van der Waals surface area contributed by atoms with E-state index in [-0.39, 0.29) is 5.57 Å². The van der Waals surface area contributed by atoms with E-state index in [9.17, 15) is 10.1 Å². The Morgan fingerprint density at radius 3 is 2.45 bits per heavy atom. The van der Waals surface area contributed by atoms with Crippen LogP contribution in [0.2, 0.25) is 0 Å². The number of unbranched alkanes of at least 4 members (excludes halogenated alkanes) is 1. The molecule has 1 aliphatic rings. The van der Waals surface area contributed by atoms with E-state index in [1.165, 1.54) is 5.56 Å². The molecule has 2 aromatic carbocycles. The molecule has 3 rings (SSSR count). The lowest BCUT2D eigenvalue weighted by Gasteiger charge is -2.28. The van der Waals surface area contributed by atoms with Gasteiger partial charge < -0.3 is 15.0 Å². The van der Waals surface area contributed by atoms with Crippen LogP contribution in [-0.4, -0.2) is 32.2 Å². The first kappa shape index (κ1) is 20.6. The standard InChI is InChI=1S/C24H27N3O2/c1-2-3-4-19-5-9-22(10-6-19)26-24(28)21(18-25)17-20-7-11-23(12-8-20)27-13-15-29-16-14-27/h5-12,17H,2-4,13-16H2,1H3,(H,26,28)/b21-17+. The van der Waals surface area contributed by atoms with Gasteiger partial charge >= 0.3 is 0 Å². The third kappa shape index (κ3) is 5.94. The number of anilines is 2. The summed E-state index contributed by atoms with van der Waals surface area (Å²) in [4.78, 5) is 14.8. The van der Waals surface area contributed by atoms with Crippen molar-refractivity contribution in [3.8, 4) is 6.07 Å². The summed E-state index contributed by atoms with van der Waals surface area (Å²) in [7, 11) is 0. The molecular formula is C24H27N3O2. The van der Waals surface area contributed by atoms with Crippen LogP contribution in [0.15, 0.2) is 54.1 Å². The highest BCUT2D eigenvalue weighted by Gasteiger charge is 2.12. The summed E-state index contributed by atoms with van der Waals surface area (Å²) in [6.45, 7) is 5.39. The highest BCUT2D eigenvalue weighted by Crippen LogP contribution is 2.19. The molecule has 1 N–H and O–H groups in total. The van der Waals surface area contributed by atoms with E-state index in [0.29, 0.717) is 5.69 Å². The Morgan fingerprint density at radius 1 is 1.14 bits per heavy atom. The van der Waals surface area contributed by atoms with Crippen molar-refractivity contribution in [3.05, 3.63) is 65.2 Å². The van der Waals surface area contributed by atoms with E-state index < -0.39 is 5.91 Å². The highest BCUT2D eigenvalue weighted by molar-refractivity contribution is 6.09. The molecule has 29 heavy (non-hydrogen) atoms. The zero-order valence-electron chi connectivity index (χ0n) is 16.9. The summed E-state index contributed by atoms with van der Waals surface area (Å²) in [5.41, 5.74) is 3.97. The van der Waals surface area contributed by atoms with Crippen LogP contribution in [0.5, 0.6) is 0 Å². The molecule has 0 saturated carbocycles.